The molecular formula is C18H17ClN2O4. The van der Waals surface area contributed by atoms with Gasteiger partial charge in [-0.25, -0.2) is 0 Å². The van der Waals surface area contributed by atoms with Crippen LogP contribution in [0.25, 0.3) is 0 Å². The van der Waals surface area contributed by atoms with Gasteiger partial charge in [-0.05, 0) is 37.3 Å². The minimum Gasteiger partial charge on any atom is -0.495 e. The Morgan fingerprint density at radius 2 is 1.64 bits per heavy atom. The molecule has 0 radical (unpaired) electrons. The van der Waals surface area contributed by atoms with Gasteiger partial charge < -0.3 is 15.4 Å². The number of amides is 2. The number of halogens is 1. The van der Waals surface area contributed by atoms with Crippen LogP contribution in [0.15, 0.2) is 42.5 Å². The minimum atomic E-state index is -0.488. The van der Waals surface area contributed by atoms with E-state index < -0.39 is 11.8 Å². The Labute approximate surface area is 150 Å². The van der Waals surface area contributed by atoms with Gasteiger partial charge in [0.25, 0.3) is 0 Å². The van der Waals surface area contributed by atoms with Crippen molar-refractivity contribution >= 4 is 40.6 Å². The van der Waals surface area contributed by atoms with Crippen LogP contribution in [0.5, 0.6) is 5.75 Å². The molecule has 0 bridgehead atoms. The first kappa shape index (κ1) is 18.5. The molecule has 2 rings (SSSR count). The molecule has 130 valence electrons. The monoisotopic (exact) mass is 360 g/mol. The molecule has 0 saturated heterocycles. The Kier molecular flexibility index (Phi) is 6.14. The number of ketones is 1. The molecular weight excluding hydrogens is 344 g/mol. The Bertz CT molecular complexity index is 820. The molecule has 2 amide bonds. The number of hydrogen-bond donors (Lipinski definition) is 2. The topological polar surface area (TPSA) is 84.5 Å². The summed E-state index contributed by atoms with van der Waals surface area (Å²) in [4.78, 5) is 35.3. The first-order valence-corrected chi connectivity index (χ1v) is 7.81. The van der Waals surface area contributed by atoms with Gasteiger partial charge in [-0.2, -0.15) is 0 Å². The summed E-state index contributed by atoms with van der Waals surface area (Å²) in [5.41, 5.74) is 1.40. The second kappa shape index (κ2) is 8.30. The van der Waals surface area contributed by atoms with Gasteiger partial charge in [0, 0.05) is 16.9 Å². The van der Waals surface area contributed by atoms with Crippen molar-refractivity contribution in [3.05, 3.63) is 53.1 Å². The molecule has 6 nitrogen and oxygen atoms in total. The average Bonchev–Trinajstić information content (AvgIpc) is 2.55. The summed E-state index contributed by atoms with van der Waals surface area (Å²) < 4.78 is 5.03. The van der Waals surface area contributed by atoms with Gasteiger partial charge in [-0.3, -0.25) is 14.4 Å². The lowest BCUT2D eigenvalue weighted by molar-refractivity contribution is -0.123. The van der Waals surface area contributed by atoms with E-state index >= 15 is 0 Å². The maximum Gasteiger partial charge on any atom is 0.233 e. The fourth-order valence-electron chi connectivity index (χ4n) is 2.12. The molecule has 2 aromatic carbocycles. The van der Waals surface area contributed by atoms with Gasteiger partial charge in [0.2, 0.25) is 11.8 Å². The van der Waals surface area contributed by atoms with Gasteiger partial charge in [0.15, 0.2) is 5.78 Å². The summed E-state index contributed by atoms with van der Waals surface area (Å²) in [5, 5.41) is 5.52. The highest BCUT2D eigenvalue weighted by Crippen LogP contribution is 2.27. The number of Topliss-reactive ketones (excluding diaryl/α,β-unsaturated/α-hetero) is 1. The molecule has 0 heterocycles. The smallest absolute Gasteiger partial charge is 0.233 e. The zero-order valence-electron chi connectivity index (χ0n) is 13.8. The quantitative estimate of drug-likeness (QED) is 0.609. The third-order valence-electron chi connectivity index (χ3n) is 3.31. The highest BCUT2D eigenvalue weighted by atomic mass is 35.5. The van der Waals surface area contributed by atoms with Crippen LogP contribution in [0, 0.1) is 0 Å². The van der Waals surface area contributed by atoms with Crippen LogP contribution < -0.4 is 15.4 Å². The average molecular weight is 361 g/mol. The molecule has 0 aliphatic carbocycles. The molecule has 0 spiro atoms. The predicted octanol–water partition coefficient (Wildman–Crippen LogP) is 3.52. The van der Waals surface area contributed by atoms with E-state index in [9.17, 15) is 14.4 Å². The van der Waals surface area contributed by atoms with Crippen molar-refractivity contribution in [1.29, 1.82) is 0 Å². The third-order valence-corrected chi connectivity index (χ3v) is 3.60. The first-order valence-electron chi connectivity index (χ1n) is 7.43. The molecule has 25 heavy (non-hydrogen) atoms. The van der Waals surface area contributed by atoms with Crippen LogP contribution in [0.3, 0.4) is 0 Å². The van der Waals surface area contributed by atoms with Gasteiger partial charge in [-0.15, -0.1) is 0 Å². The number of rotatable bonds is 6. The van der Waals surface area contributed by atoms with Crippen molar-refractivity contribution in [2.45, 2.75) is 13.3 Å². The molecule has 2 N–H and O–H groups in total. The number of ether oxygens (including phenoxy) is 1. The number of benzene rings is 2. The lowest BCUT2D eigenvalue weighted by Crippen LogP contribution is -2.21. The van der Waals surface area contributed by atoms with Gasteiger partial charge in [0.1, 0.15) is 12.2 Å². The fourth-order valence-corrected chi connectivity index (χ4v) is 2.37. The summed E-state index contributed by atoms with van der Waals surface area (Å²) in [6.07, 6.45) is -0.367. The summed E-state index contributed by atoms with van der Waals surface area (Å²) in [5.74, 6) is -0.591. The predicted molar refractivity (Wildman–Crippen MR) is 96.3 cm³/mol. The highest BCUT2D eigenvalue weighted by Gasteiger charge is 2.12. The van der Waals surface area contributed by atoms with E-state index in [2.05, 4.69) is 10.6 Å². The van der Waals surface area contributed by atoms with Crippen LogP contribution in [0.2, 0.25) is 5.02 Å². The van der Waals surface area contributed by atoms with Crippen LogP contribution >= 0.6 is 11.6 Å². The number of methoxy groups -OCH3 is 1. The van der Waals surface area contributed by atoms with E-state index in [1.54, 1.807) is 36.4 Å². The highest BCUT2D eigenvalue weighted by molar-refractivity contribution is 6.32. The van der Waals surface area contributed by atoms with Gasteiger partial charge in [0.05, 0.1) is 12.1 Å². The van der Waals surface area contributed by atoms with E-state index in [-0.39, 0.29) is 12.2 Å². The van der Waals surface area contributed by atoms with Crippen molar-refractivity contribution in [1.82, 2.24) is 0 Å². The summed E-state index contributed by atoms with van der Waals surface area (Å²) in [6.45, 7) is 1.44. The second-order valence-electron chi connectivity index (χ2n) is 5.26. The third kappa shape index (κ3) is 5.32. The van der Waals surface area contributed by atoms with Crippen LogP contribution in [0.4, 0.5) is 11.4 Å². The maximum atomic E-state index is 12.0. The molecule has 0 unspecified atom stereocenters. The van der Waals surface area contributed by atoms with Gasteiger partial charge in [-0.1, -0.05) is 23.7 Å². The summed E-state index contributed by atoms with van der Waals surface area (Å²) in [7, 11) is 1.49. The number of nitrogens with one attached hydrogen (secondary N) is 2. The van der Waals surface area contributed by atoms with Crippen molar-refractivity contribution in [3.63, 3.8) is 0 Å². The molecule has 2 aromatic rings. The van der Waals surface area contributed by atoms with E-state index in [0.29, 0.717) is 27.7 Å². The molecule has 0 aromatic heterocycles. The first-order chi connectivity index (χ1) is 11.9. The zero-order valence-corrected chi connectivity index (χ0v) is 14.5. The fraction of sp³-hybridized carbons (Fsp3) is 0.167. The SMILES string of the molecule is COc1ccc(NC(=O)CC(=O)Nc2cccc(C(C)=O)c2)cc1Cl. The number of carbonyl (C=O) groups is 3. The summed E-state index contributed by atoms with van der Waals surface area (Å²) in [6, 6.07) is 11.3. The Balaban J connectivity index is 1.94. The summed E-state index contributed by atoms with van der Waals surface area (Å²) >= 11 is 5.98. The molecule has 0 saturated carbocycles. The Morgan fingerprint density at radius 1 is 1.00 bits per heavy atom. The van der Waals surface area contributed by atoms with Crippen LogP contribution in [-0.4, -0.2) is 24.7 Å². The van der Waals surface area contributed by atoms with Crippen molar-refractivity contribution in [2.24, 2.45) is 0 Å². The van der Waals surface area contributed by atoms with Crippen molar-refractivity contribution in [3.8, 4) is 5.75 Å². The lowest BCUT2D eigenvalue weighted by atomic mass is 10.1. The normalized spacial score (nSPS) is 10.0. The molecule has 0 aliphatic rings. The lowest BCUT2D eigenvalue weighted by Gasteiger charge is -2.09. The molecule has 0 atom stereocenters. The molecule has 7 heteroatoms. The Hall–Kier alpha value is -2.86. The van der Waals surface area contributed by atoms with E-state index in [1.807, 2.05) is 0 Å². The number of carbonyl (C=O) groups excluding carboxylic acids is 3. The van der Waals surface area contributed by atoms with E-state index in [4.69, 9.17) is 16.3 Å². The molecule has 0 aliphatic heterocycles. The number of hydrogen-bond acceptors (Lipinski definition) is 4. The van der Waals surface area contributed by atoms with E-state index in [1.165, 1.54) is 20.1 Å². The van der Waals surface area contributed by atoms with Crippen molar-refractivity contribution in [2.75, 3.05) is 17.7 Å². The minimum absolute atomic E-state index is 0.106. The molecule has 0 fully saturated rings. The number of anilines is 2. The van der Waals surface area contributed by atoms with Gasteiger partial charge >= 0.3 is 0 Å². The maximum absolute atomic E-state index is 12.0. The zero-order chi connectivity index (χ0) is 18.4. The largest absolute Gasteiger partial charge is 0.495 e. The van der Waals surface area contributed by atoms with Crippen LogP contribution in [0.1, 0.15) is 23.7 Å². The van der Waals surface area contributed by atoms with Crippen molar-refractivity contribution < 1.29 is 19.1 Å². The second-order valence-corrected chi connectivity index (χ2v) is 5.67. The Morgan fingerprint density at radius 3 is 2.20 bits per heavy atom. The van der Waals surface area contributed by atoms with Crippen LogP contribution in [-0.2, 0) is 9.59 Å². The van der Waals surface area contributed by atoms with E-state index in [0.717, 1.165) is 0 Å². The standard InChI is InChI=1S/C18H17ClN2O4/c1-11(22)12-4-3-5-13(8-12)20-17(23)10-18(24)21-14-6-7-16(25-2)15(19)9-14/h3-9H,10H2,1-2H3,(H,20,23)(H,21,24).